The largest absolute Gasteiger partial charge is 0.462 e. The monoisotopic (exact) mass is 325 g/mol. The van der Waals surface area contributed by atoms with Crippen LogP contribution in [0.25, 0.3) is 0 Å². The Balaban J connectivity index is 3.24. The van der Waals surface area contributed by atoms with E-state index in [0.717, 1.165) is 0 Å². The number of hydrogen-bond acceptors (Lipinski definition) is 8. The summed E-state index contributed by atoms with van der Waals surface area (Å²) >= 11 is 0. The van der Waals surface area contributed by atoms with Gasteiger partial charge in [-0.1, -0.05) is 6.58 Å². The third kappa shape index (κ3) is 4.30. The molecule has 0 atom stereocenters. The van der Waals surface area contributed by atoms with Crippen molar-refractivity contribution in [1.82, 2.24) is 0 Å². The highest BCUT2D eigenvalue weighted by atomic mass is 16.6. The molecule has 0 aliphatic carbocycles. The van der Waals surface area contributed by atoms with Crippen LogP contribution in [0, 0.1) is 30.3 Å². The van der Waals surface area contributed by atoms with Crippen molar-refractivity contribution >= 4 is 23.0 Å². The molecule has 0 aromatic heterocycles. The molecule has 0 heterocycles. The maximum Gasteiger partial charge on any atom is 0.333 e. The van der Waals surface area contributed by atoms with Gasteiger partial charge >= 0.3 is 5.97 Å². The Bertz CT molecular complexity index is 677. The van der Waals surface area contributed by atoms with Crippen molar-refractivity contribution in [3.8, 4) is 0 Å². The first-order chi connectivity index (χ1) is 10.6. The normalized spacial score (nSPS) is 9.96. The molecule has 0 amide bonds. The summed E-state index contributed by atoms with van der Waals surface area (Å²) in [7, 11) is 0. The van der Waals surface area contributed by atoms with Crippen molar-refractivity contribution in [3.05, 3.63) is 60.2 Å². The Morgan fingerprint density at radius 2 is 1.57 bits per heavy atom. The standard InChI is InChI=1S/C12H11N3O8/c1-7(2)12(16)23-4-3-9-10(14(19)20)5-8(13(17)18)6-11(9)15(21)22/h5-6H,1,3-4H2,2H3. The summed E-state index contributed by atoms with van der Waals surface area (Å²) in [4.78, 5) is 41.1. The van der Waals surface area contributed by atoms with Crippen molar-refractivity contribution < 1.29 is 24.3 Å². The molecule has 23 heavy (non-hydrogen) atoms. The average Bonchev–Trinajstić information content (AvgIpc) is 2.45. The quantitative estimate of drug-likeness (QED) is 0.319. The number of hydrogen-bond donors (Lipinski definition) is 0. The lowest BCUT2D eigenvalue weighted by Gasteiger charge is -2.06. The molecule has 11 heteroatoms. The zero-order valence-corrected chi connectivity index (χ0v) is 11.9. The molecule has 0 saturated carbocycles. The Morgan fingerprint density at radius 3 is 1.91 bits per heavy atom. The van der Waals surface area contributed by atoms with Crippen LogP contribution in [-0.2, 0) is 16.0 Å². The fraction of sp³-hybridized carbons (Fsp3) is 0.250. The summed E-state index contributed by atoms with van der Waals surface area (Å²) in [6.45, 7) is 4.36. The second-order valence-electron chi connectivity index (χ2n) is 4.40. The Labute approximate surface area is 128 Å². The van der Waals surface area contributed by atoms with Crippen molar-refractivity contribution in [2.45, 2.75) is 13.3 Å². The molecule has 11 nitrogen and oxygen atoms in total. The molecule has 1 rings (SSSR count). The van der Waals surface area contributed by atoms with Crippen LogP contribution in [-0.4, -0.2) is 27.3 Å². The first kappa shape index (κ1) is 17.7. The lowest BCUT2D eigenvalue weighted by atomic mass is 10.1. The van der Waals surface area contributed by atoms with Gasteiger partial charge in [0, 0.05) is 12.0 Å². The second kappa shape index (κ2) is 7.06. The number of nitrogens with zero attached hydrogens (tertiary/aromatic N) is 3. The fourth-order valence-corrected chi connectivity index (χ4v) is 1.68. The zero-order chi connectivity index (χ0) is 17.7. The number of carbonyl (C=O) groups is 1. The van der Waals surface area contributed by atoms with E-state index in [9.17, 15) is 35.1 Å². The molecular weight excluding hydrogens is 314 g/mol. The van der Waals surface area contributed by atoms with Crippen molar-refractivity contribution in [2.24, 2.45) is 0 Å². The summed E-state index contributed by atoms with van der Waals surface area (Å²) in [5.74, 6) is -0.753. The number of ether oxygens (including phenoxy) is 1. The van der Waals surface area contributed by atoms with E-state index in [1.807, 2.05) is 0 Å². The van der Waals surface area contributed by atoms with Crippen molar-refractivity contribution in [1.29, 1.82) is 0 Å². The van der Waals surface area contributed by atoms with E-state index in [2.05, 4.69) is 6.58 Å². The van der Waals surface area contributed by atoms with Crippen LogP contribution in [0.3, 0.4) is 0 Å². The van der Waals surface area contributed by atoms with E-state index in [-0.39, 0.29) is 24.2 Å². The molecule has 0 aliphatic rings. The molecule has 0 spiro atoms. The second-order valence-corrected chi connectivity index (χ2v) is 4.40. The van der Waals surface area contributed by atoms with E-state index in [4.69, 9.17) is 4.74 Å². The summed E-state index contributed by atoms with van der Waals surface area (Å²) < 4.78 is 4.74. The third-order valence-corrected chi connectivity index (χ3v) is 2.73. The Hall–Kier alpha value is -3.37. The summed E-state index contributed by atoms with van der Waals surface area (Å²) in [5, 5.41) is 32.8. The first-order valence-electron chi connectivity index (χ1n) is 6.07. The molecule has 1 aromatic rings. The lowest BCUT2D eigenvalue weighted by Crippen LogP contribution is -2.10. The average molecular weight is 325 g/mol. The van der Waals surface area contributed by atoms with Crippen LogP contribution in [0.5, 0.6) is 0 Å². The number of carbonyl (C=O) groups excluding carboxylic acids is 1. The molecule has 122 valence electrons. The molecule has 0 radical (unpaired) electrons. The van der Waals surface area contributed by atoms with Gasteiger partial charge in [0.15, 0.2) is 0 Å². The van der Waals surface area contributed by atoms with Crippen molar-refractivity contribution in [3.63, 3.8) is 0 Å². The van der Waals surface area contributed by atoms with E-state index < -0.39 is 37.8 Å². The Morgan fingerprint density at radius 1 is 1.09 bits per heavy atom. The highest BCUT2D eigenvalue weighted by Crippen LogP contribution is 2.34. The van der Waals surface area contributed by atoms with Crippen LogP contribution in [0.2, 0.25) is 0 Å². The number of non-ortho nitro benzene ring substituents is 1. The van der Waals surface area contributed by atoms with Crippen LogP contribution in [0.1, 0.15) is 12.5 Å². The van der Waals surface area contributed by atoms with Crippen molar-refractivity contribution in [2.75, 3.05) is 6.61 Å². The predicted molar refractivity (Wildman–Crippen MR) is 75.9 cm³/mol. The number of benzene rings is 1. The van der Waals surface area contributed by atoms with E-state index in [0.29, 0.717) is 12.1 Å². The molecule has 0 saturated heterocycles. The van der Waals surface area contributed by atoms with Gasteiger partial charge in [0.1, 0.15) is 5.56 Å². The van der Waals surface area contributed by atoms with Gasteiger partial charge in [0.25, 0.3) is 17.1 Å². The topological polar surface area (TPSA) is 156 Å². The van der Waals surface area contributed by atoms with Gasteiger partial charge in [-0.25, -0.2) is 4.79 Å². The molecule has 0 fully saturated rings. The number of nitro benzene ring substituents is 3. The fourth-order valence-electron chi connectivity index (χ4n) is 1.68. The maximum atomic E-state index is 11.2. The molecular formula is C12H11N3O8. The van der Waals surface area contributed by atoms with Crippen LogP contribution in [0.15, 0.2) is 24.3 Å². The summed E-state index contributed by atoms with van der Waals surface area (Å²) in [6, 6.07) is 1.26. The molecule has 0 bridgehead atoms. The van der Waals surface area contributed by atoms with Gasteiger partial charge in [0.05, 0.1) is 33.5 Å². The van der Waals surface area contributed by atoms with Crippen LogP contribution >= 0.6 is 0 Å². The third-order valence-electron chi connectivity index (χ3n) is 2.73. The van der Waals surface area contributed by atoms with E-state index in [1.165, 1.54) is 6.92 Å². The predicted octanol–water partition coefficient (Wildman–Crippen LogP) is 2.07. The molecule has 0 aliphatic heterocycles. The first-order valence-corrected chi connectivity index (χ1v) is 6.07. The number of nitro groups is 3. The lowest BCUT2D eigenvalue weighted by molar-refractivity contribution is -0.404. The van der Waals surface area contributed by atoms with E-state index in [1.54, 1.807) is 0 Å². The minimum Gasteiger partial charge on any atom is -0.462 e. The summed E-state index contributed by atoms with van der Waals surface area (Å²) in [6.07, 6.45) is -0.344. The zero-order valence-electron chi connectivity index (χ0n) is 11.9. The minimum atomic E-state index is -0.967. The van der Waals surface area contributed by atoms with Gasteiger partial charge in [-0.2, -0.15) is 0 Å². The van der Waals surface area contributed by atoms with Crippen LogP contribution < -0.4 is 0 Å². The van der Waals surface area contributed by atoms with Gasteiger partial charge in [-0.05, 0) is 6.92 Å². The van der Waals surface area contributed by atoms with E-state index >= 15 is 0 Å². The smallest absolute Gasteiger partial charge is 0.333 e. The summed E-state index contributed by atoms with van der Waals surface area (Å²) in [5.41, 5.74) is -2.60. The van der Waals surface area contributed by atoms with Gasteiger partial charge < -0.3 is 4.74 Å². The maximum absolute atomic E-state index is 11.2. The number of rotatable bonds is 7. The van der Waals surface area contributed by atoms with Crippen LogP contribution in [0.4, 0.5) is 17.1 Å². The van der Waals surface area contributed by atoms with Gasteiger partial charge in [0.2, 0.25) is 0 Å². The van der Waals surface area contributed by atoms with Gasteiger partial charge in [-0.3, -0.25) is 30.3 Å². The SMILES string of the molecule is C=C(C)C(=O)OCCc1c([N+](=O)[O-])cc([N+](=O)[O-])cc1[N+](=O)[O-]. The highest BCUT2D eigenvalue weighted by molar-refractivity contribution is 5.86. The highest BCUT2D eigenvalue weighted by Gasteiger charge is 2.30. The minimum absolute atomic E-state index is 0.0951. The Kier molecular flexibility index (Phi) is 5.43. The number of esters is 1. The molecule has 0 N–H and O–H groups in total. The molecule has 0 unspecified atom stereocenters. The molecule has 1 aromatic carbocycles. The van der Waals surface area contributed by atoms with Gasteiger partial charge in [-0.15, -0.1) is 0 Å².